The number of H-pyrrole nitrogens is 2. The fraction of sp³-hybridized carbons (Fsp3) is 0.611. The Balaban J connectivity index is 1.73. The lowest BCUT2D eigenvalue weighted by molar-refractivity contribution is 0.239. The van der Waals surface area contributed by atoms with Crippen molar-refractivity contribution in [2.24, 2.45) is 0 Å². The number of aromatic amines is 2. The highest BCUT2D eigenvalue weighted by molar-refractivity contribution is 6.30. The summed E-state index contributed by atoms with van der Waals surface area (Å²) in [4.78, 5) is 29.9. The average Bonchev–Trinajstić information content (AvgIpc) is 2.93. The molecule has 3 rings (SSSR count). The van der Waals surface area contributed by atoms with Crippen molar-refractivity contribution in [2.75, 3.05) is 6.54 Å². The summed E-state index contributed by atoms with van der Waals surface area (Å²) >= 11 is 6.28. The van der Waals surface area contributed by atoms with E-state index in [0.29, 0.717) is 18.2 Å². The Morgan fingerprint density at radius 3 is 2.80 bits per heavy atom. The first kappa shape index (κ1) is 18.1. The van der Waals surface area contributed by atoms with Crippen LogP contribution in [0.4, 0.5) is 0 Å². The maximum absolute atomic E-state index is 12.4. The Bertz CT molecular complexity index is 795. The first-order chi connectivity index (χ1) is 12.0. The van der Waals surface area contributed by atoms with Crippen LogP contribution in [0.5, 0.6) is 0 Å². The number of aromatic nitrogens is 4. The van der Waals surface area contributed by atoms with Gasteiger partial charge >= 0.3 is 0 Å². The summed E-state index contributed by atoms with van der Waals surface area (Å²) < 4.78 is 0. The van der Waals surface area contributed by atoms with E-state index in [1.165, 1.54) is 0 Å². The van der Waals surface area contributed by atoms with E-state index < -0.39 is 0 Å². The second-order valence-electron chi connectivity index (χ2n) is 7.05. The van der Waals surface area contributed by atoms with Gasteiger partial charge in [0.1, 0.15) is 11.6 Å². The largest absolute Gasteiger partial charge is 0.344 e. The third-order valence-electron chi connectivity index (χ3n) is 4.64. The van der Waals surface area contributed by atoms with E-state index in [4.69, 9.17) is 11.6 Å². The number of nitrogens with one attached hydrogen (secondary N) is 2. The van der Waals surface area contributed by atoms with Crippen LogP contribution >= 0.6 is 11.6 Å². The van der Waals surface area contributed by atoms with Crippen molar-refractivity contribution in [2.45, 2.75) is 65.5 Å². The number of nitrogens with zero attached hydrogens (tertiary/aromatic N) is 3. The van der Waals surface area contributed by atoms with E-state index in [2.05, 4.69) is 31.8 Å². The van der Waals surface area contributed by atoms with Crippen molar-refractivity contribution in [3.63, 3.8) is 0 Å². The van der Waals surface area contributed by atoms with Crippen molar-refractivity contribution in [3.05, 3.63) is 44.1 Å². The molecule has 0 bridgehead atoms. The molecule has 1 aliphatic rings. The van der Waals surface area contributed by atoms with Crippen LogP contribution in [0.25, 0.3) is 0 Å². The van der Waals surface area contributed by atoms with E-state index in [1.807, 2.05) is 13.8 Å². The minimum atomic E-state index is -0.0160. The predicted molar refractivity (Wildman–Crippen MR) is 99.0 cm³/mol. The highest BCUT2D eigenvalue weighted by atomic mass is 35.5. The Morgan fingerprint density at radius 2 is 2.08 bits per heavy atom. The molecule has 0 aliphatic carbocycles. The van der Waals surface area contributed by atoms with E-state index in [-0.39, 0.29) is 11.5 Å². The van der Waals surface area contributed by atoms with Gasteiger partial charge in [0.2, 0.25) is 0 Å². The van der Waals surface area contributed by atoms with Crippen LogP contribution in [0.3, 0.4) is 0 Å². The Labute approximate surface area is 153 Å². The fourth-order valence-corrected chi connectivity index (χ4v) is 3.35. The van der Waals surface area contributed by atoms with Gasteiger partial charge in [-0.25, -0.2) is 9.97 Å². The number of unbranched alkanes of at least 4 members (excludes halogenated alkanes) is 1. The first-order valence-corrected chi connectivity index (χ1v) is 9.43. The van der Waals surface area contributed by atoms with Crippen molar-refractivity contribution in [3.8, 4) is 0 Å². The summed E-state index contributed by atoms with van der Waals surface area (Å²) in [5, 5.41) is 0.541. The van der Waals surface area contributed by atoms with Crippen LogP contribution in [0.15, 0.2) is 4.79 Å². The zero-order chi connectivity index (χ0) is 18.0. The predicted octanol–water partition coefficient (Wildman–Crippen LogP) is 3.17. The maximum Gasteiger partial charge on any atom is 0.255 e. The van der Waals surface area contributed by atoms with Crippen LogP contribution in [0.1, 0.15) is 68.1 Å². The van der Waals surface area contributed by atoms with Gasteiger partial charge in [-0.15, -0.1) is 0 Å². The summed E-state index contributed by atoms with van der Waals surface area (Å²) in [6.07, 6.45) is 3.93. The van der Waals surface area contributed by atoms with Gasteiger partial charge in [0.15, 0.2) is 5.15 Å². The Hall–Kier alpha value is -1.66. The molecule has 0 saturated heterocycles. The van der Waals surface area contributed by atoms with Crippen LogP contribution in [0.2, 0.25) is 5.15 Å². The Morgan fingerprint density at radius 1 is 1.28 bits per heavy atom. The maximum atomic E-state index is 12.4. The SMILES string of the molecule is CCCCc1nc(Cl)c(CN2CCc3nc(C(C)C)[nH]c(=O)c3C2)[nH]1. The molecule has 0 amide bonds. The lowest BCUT2D eigenvalue weighted by atomic mass is 10.1. The zero-order valence-electron chi connectivity index (χ0n) is 15.2. The van der Waals surface area contributed by atoms with Crippen LogP contribution in [-0.4, -0.2) is 31.4 Å². The monoisotopic (exact) mass is 363 g/mol. The molecule has 2 N–H and O–H groups in total. The minimum Gasteiger partial charge on any atom is -0.344 e. The van der Waals surface area contributed by atoms with E-state index in [9.17, 15) is 4.79 Å². The summed E-state index contributed by atoms with van der Waals surface area (Å²) in [7, 11) is 0. The quantitative estimate of drug-likeness (QED) is 0.826. The molecule has 136 valence electrons. The zero-order valence-corrected chi connectivity index (χ0v) is 15.9. The molecule has 1 aliphatic heterocycles. The fourth-order valence-electron chi connectivity index (χ4n) is 3.14. The highest BCUT2D eigenvalue weighted by Crippen LogP contribution is 2.21. The van der Waals surface area contributed by atoms with Gasteiger partial charge in [-0.05, 0) is 6.42 Å². The normalized spacial score (nSPS) is 14.9. The molecule has 2 aromatic rings. The van der Waals surface area contributed by atoms with Gasteiger partial charge in [0, 0.05) is 38.4 Å². The summed E-state index contributed by atoms with van der Waals surface area (Å²) in [6.45, 7) is 8.36. The summed E-state index contributed by atoms with van der Waals surface area (Å²) in [5.74, 6) is 1.94. The van der Waals surface area contributed by atoms with Gasteiger partial charge in [0.05, 0.1) is 17.0 Å². The average molecular weight is 364 g/mol. The second kappa shape index (κ2) is 7.70. The number of hydrogen-bond acceptors (Lipinski definition) is 4. The number of halogens is 1. The number of hydrogen-bond donors (Lipinski definition) is 2. The first-order valence-electron chi connectivity index (χ1n) is 9.05. The molecule has 0 atom stereocenters. The van der Waals surface area contributed by atoms with Crippen molar-refractivity contribution < 1.29 is 0 Å². The van der Waals surface area contributed by atoms with Gasteiger partial charge in [-0.2, -0.15) is 0 Å². The standard InChI is InChI=1S/C18H26ClN5O/c1-4-5-6-15-20-14(16(19)22-15)10-24-8-7-13-12(9-24)18(25)23-17(21-13)11(2)3/h11H,4-10H2,1-3H3,(H,20,22)(H,21,23,25). The van der Waals surface area contributed by atoms with Crippen LogP contribution in [-0.2, 0) is 25.9 Å². The van der Waals surface area contributed by atoms with E-state index >= 15 is 0 Å². The molecule has 0 spiro atoms. The minimum absolute atomic E-state index is 0.0160. The van der Waals surface area contributed by atoms with Crippen molar-refractivity contribution in [1.82, 2.24) is 24.8 Å². The summed E-state index contributed by atoms with van der Waals surface area (Å²) in [6, 6.07) is 0. The molecule has 0 aromatic carbocycles. The smallest absolute Gasteiger partial charge is 0.255 e. The number of imidazole rings is 1. The van der Waals surface area contributed by atoms with Gasteiger partial charge in [-0.1, -0.05) is 38.8 Å². The molecule has 0 fully saturated rings. The third kappa shape index (κ3) is 4.12. The molecule has 2 aromatic heterocycles. The lowest BCUT2D eigenvalue weighted by Gasteiger charge is -2.27. The molecule has 6 nitrogen and oxygen atoms in total. The third-order valence-corrected chi connectivity index (χ3v) is 4.95. The lowest BCUT2D eigenvalue weighted by Crippen LogP contribution is -2.36. The van der Waals surface area contributed by atoms with Crippen molar-refractivity contribution >= 4 is 11.6 Å². The van der Waals surface area contributed by atoms with Gasteiger partial charge < -0.3 is 9.97 Å². The van der Waals surface area contributed by atoms with Crippen LogP contribution < -0.4 is 5.56 Å². The molecule has 0 radical (unpaired) electrons. The Kier molecular flexibility index (Phi) is 5.59. The molecule has 3 heterocycles. The molecule has 0 unspecified atom stereocenters. The van der Waals surface area contributed by atoms with Crippen LogP contribution in [0, 0.1) is 0 Å². The number of rotatable bonds is 6. The summed E-state index contributed by atoms with van der Waals surface area (Å²) in [5.41, 5.74) is 2.62. The van der Waals surface area contributed by atoms with E-state index in [1.54, 1.807) is 0 Å². The topological polar surface area (TPSA) is 77.7 Å². The highest BCUT2D eigenvalue weighted by Gasteiger charge is 2.23. The number of aryl methyl sites for hydroxylation is 1. The van der Waals surface area contributed by atoms with Gasteiger partial charge in [0.25, 0.3) is 5.56 Å². The van der Waals surface area contributed by atoms with E-state index in [0.717, 1.165) is 60.8 Å². The molecular weight excluding hydrogens is 338 g/mol. The van der Waals surface area contributed by atoms with Crippen molar-refractivity contribution in [1.29, 1.82) is 0 Å². The molecular formula is C18H26ClN5O. The molecule has 7 heteroatoms. The molecule has 0 saturated carbocycles. The molecule has 25 heavy (non-hydrogen) atoms. The number of fused-ring (bicyclic) bond motifs is 1. The second-order valence-corrected chi connectivity index (χ2v) is 7.41. The van der Waals surface area contributed by atoms with Gasteiger partial charge in [-0.3, -0.25) is 9.69 Å².